The van der Waals surface area contributed by atoms with Crippen LogP contribution in [0.1, 0.15) is 21.5 Å². The van der Waals surface area contributed by atoms with Gasteiger partial charge in [-0.2, -0.15) is 0 Å². The summed E-state index contributed by atoms with van der Waals surface area (Å²) in [5, 5.41) is 12.0. The first-order valence-electron chi connectivity index (χ1n) is 11.3. The molecule has 0 fully saturated rings. The lowest BCUT2D eigenvalue weighted by molar-refractivity contribution is -0.384. The van der Waals surface area contributed by atoms with Crippen LogP contribution >= 0.6 is 0 Å². The van der Waals surface area contributed by atoms with Crippen molar-refractivity contribution in [2.24, 2.45) is 0 Å². The van der Waals surface area contributed by atoms with Gasteiger partial charge in [0.25, 0.3) is 5.69 Å². The van der Waals surface area contributed by atoms with Crippen molar-refractivity contribution in [2.75, 3.05) is 0 Å². The van der Waals surface area contributed by atoms with Crippen molar-refractivity contribution in [3.63, 3.8) is 0 Å². The molecule has 5 heteroatoms. The van der Waals surface area contributed by atoms with Gasteiger partial charge < -0.3 is 4.57 Å². The molecule has 5 rings (SSSR count). The van der Waals surface area contributed by atoms with Gasteiger partial charge in [0.05, 0.1) is 10.6 Å². The number of fused-ring (bicyclic) bond motifs is 1. The molecule has 0 atom stereocenters. The van der Waals surface area contributed by atoms with E-state index in [2.05, 4.69) is 41.0 Å². The molecule has 0 saturated heterocycles. The van der Waals surface area contributed by atoms with E-state index in [4.69, 9.17) is 0 Å². The molecule has 0 aliphatic rings. The number of aromatic nitrogens is 1. The second-order valence-electron chi connectivity index (χ2n) is 8.22. The third-order valence-corrected chi connectivity index (χ3v) is 6.00. The molecule has 0 unspecified atom stereocenters. The maximum atomic E-state index is 12.9. The summed E-state index contributed by atoms with van der Waals surface area (Å²) in [6.45, 7) is 0.690. The van der Waals surface area contributed by atoms with E-state index in [9.17, 15) is 14.9 Å². The lowest BCUT2D eigenvalue weighted by Crippen LogP contribution is -2.02. The fourth-order valence-corrected chi connectivity index (χ4v) is 4.34. The molecule has 5 nitrogen and oxygen atoms in total. The summed E-state index contributed by atoms with van der Waals surface area (Å²) in [4.78, 5) is 23.4. The Balaban J connectivity index is 1.63. The zero-order chi connectivity index (χ0) is 24.2. The molecular formula is C30H22N2O3. The minimum absolute atomic E-state index is 0.0409. The van der Waals surface area contributed by atoms with Gasteiger partial charge in [0, 0.05) is 40.7 Å². The summed E-state index contributed by atoms with van der Waals surface area (Å²) in [6, 6.07) is 34.3. The van der Waals surface area contributed by atoms with Gasteiger partial charge in [0.15, 0.2) is 5.78 Å². The minimum atomic E-state index is -0.474. The molecule has 0 spiro atoms. The Morgan fingerprint density at radius 2 is 1.43 bits per heavy atom. The van der Waals surface area contributed by atoms with Gasteiger partial charge in [0.1, 0.15) is 0 Å². The summed E-state index contributed by atoms with van der Waals surface area (Å²) in [6.07, 6.45) is 3.40. The van der Waals surface area contributed by atoms with Crippen LogP contribution in [0.4, 0.5) is 5.69 Å². The SMILES string of the molecule is O=C(/C=C/c1c(-c2ccccc2)n(Cc2ccccc2)c2ccccc12)c1ccc([N+](=O)[O-])cc1. The topological polar surface area (TPSA) is 65.1 Å². The summed E-state index contributed by atoms with van der Waals surface area (Å²) in [5.41, 5.74) is 5.67. The average molecular weight is 459 g/mol. The molecule has 35 heavy (non-hydrogen) atoms. The Kier molecular flexibility index (Phi) is 6.05. The second-order valence-corrected chi connectivity index (χ2v) is 8.22. The van der Waals surface area contributed by atoms with Crippen LogP contribution < -0.4 is 0 Å². The van der Waals surface area contributed by atoms with Crippen LogP contribution in [0.5, 0.6) is 0 Å². The first-order chi connectivity index (χ1) is 17.1. The Bertz CT molecular complexity index is 1530. The second kappa shape index (κ2) is 9.61. The molecular weight excluding hydrogens is 436 g/mol. The number of ketones is 1. The first kappa shape index (κ1) is 22.0. The van der Waals surface area contributed by atoms with E-state index >= 15 is 0 Å². The van der Waals surface area contributed by atoms with Gasteiger partial charge in [-0.25, -0.2) is 0 Å². The van der Waals surface area contributed by atoms with Crippen LogP contribution in [0.15, 0.2) is 115 Å². The van der Waals surface area contributed by atoms with E-state index in [1.807, 2.05) is 54.6 Å². The predicted octanol–water partition coefficient (Wildman–Crippen LogP) is 7.16. The average Bonchev–Trinajstić information content (AvgIpc) is 3.21. The predicted molar refractivity (Wildman–Crippen MR) is 139 cm³/mol. The summed E-state index contributed by atoms with van der Waals surface area (Å²) in [7, 11) is 0. The number of rotatable bonds is 7. The lowest BCUT2D eigenvalue weighted by Gasteiger charge is -2.12. The Labute approximate surface area is 202 Å². The number of benzene rings is 4. The molecule has 0 aliphatic carbocycles. The highest BCUT2D eigenvalue weighted by Crippen LogP contribution is 2.35. The van der Waals surface area contributed by atoms with Crippen molar-refractivity contribution in [1.82, 2.24) is 4.57 Å². The minimum Gasteiger partial charge on any atom is -0.335 e. The first-order valence-corrected chi connectivity index (χ1v) is 11.3. The van der Waals surface area contributed by atoms with Crippen molar-refractivity contribution in [1.29, 1.82) is 0 Å². The number of nitro groups is 1. The molecule has 0 radical (unpaired) electrons. The molecule has 0 amide bonds. The highest BCUT2D eigenvalue weighted by Gasteiger charge is 2.17. The smallest absolute Gasteiger partial charge is 0.269 e. The molecule has 170 valence electrons. The fraction of sp³-hybridized carbons (Fsp3) is 0.0333. The number of carbonyl (C=O) groups excluding carboxylic acids is 1. The molecule has 1 aromatic heterocycles. The number of allylic oxidation sites excluding steroid dienone is 1. The summed E-state index contributed by atoms with van der Waals surface area (Å²) >= 11 is 0. The maximum Gasteiger partial charge on any atom is 0.269 e. The van der Waals surface area contributed by atoms with Gasteiger partial charge in [-0.15, -0.1) is 0 Å². The van der Waals surface area contributed by atoms with Crippen LogP contribution in [-0.2, 0) is 6.54 Å². The van der Waals surface area contributed by atoms with Crippen LogP contribution in [0, 0.1) is 10.1 Å². The van der Waals surface area contributed by atoms with Crippen molar-refractivity contribution in [3.8, 4) is 11.3 Å². The summed E-state index contributed by atoms with van der Waals surface area (Å²) < 4.78 is 2.29. The number of carbonyl (C=O) groups is 1. The Morgan fingerprint density at radius 3 is 2.11 bits per heavy atom. The van der Waals surface area contributed by atoms with Crippen molar-refractivity contribution in [2.45, 2.75) is 6.54 Å². The molecule has 1 heterocycles. The molecule has 0 saturated carbocycles. The van der Waals surface area contributed by atoms with Crippen molar-refractivity contribution < 1.29 is 9.72 Å². The third kappa shape index (κ3) is 4.52. The van der Waals surface area contributed by atoms with Crippen LogP contribution in [0.2, 0.25) is 0 Å². The van der Waals surface area contributed by atoms with Gasteiger partial charge in [-0.1, -0.05) is 78.9 Å². The van der Waals surface area contributed by atoms with Crippen molar-refractivity contribution >= 4 is 28.4 Å². The van der Waals surface area contributed by atoms with Gasteiger partial charge >= 0.3 is 0 Å². The zero-order valence-electron chi connectivity index (χ0n) is 18.9. The number of nitro benzene ring substituents is 1. The highest BCUT2D eigenvalue weighted by molar-refractivity contribution is 6.09. The van der Waals surface area contributed by atoms with Crippen LogP contribution in [0.25, 0.3) is 28.2 Å². The Hall–Kier alpha value is -4.77. The normalized spacial score (nSPS) is 11.2. The number of nitrogens with zero attached hydrogens (tertiary/aromatic N) is 2. The lowest BCUT2D eigenvalue weighted by atomic mass is 10.0. The molecule has 4 aromatic carbocycles. The monoisotopic (exact) mass is 458 g/mol. The Morgan fingerprint density at radius 1 is 0.800 bits per heavy atom. The maximum absolute atomic E-state index is 12.9. The van der Waals surface area contributed by atoms with Gasteiger partial charge in [-0.3, -0.25) is 14.9 Å². The number of hydrogen-bond acceptors (Lipinski definition) is 3. The third-order valence-electron chi connectivity index (χ3n) is 6.00. The van der Waals surface area contributed by atoms with E-state index in [1.165, 1.54) is 29.8 Å². The van der Waals surface area contributed by atoms with E-state index < -0.39 is 4.92 Å². The summed E-state index contributed by atoms with van der Waals surface area (Å²) in [5.74, 6) is -0.209. The van der Waals surface area contributed by atoms with Crippen LogP contribution in [0.3, 0.4) is 0 Å². The molecule has 0 aliphatic heterocycles. The quantitative estimate of drug-likeness (QED) is 0.112. The van der Waals surface area contributed by atoms with Gasteiger partial charge in [-0.05, 0) is 41.5 Å². The zero-order valence-corrected chi connectivity index (χ0v) is 18.9. The van der Waals surface area contributed by atoms with Crippen LogP contribution in [-0.4, -0.2) is 15.3 Å². The number of hydrogen-bond donors (Lipinski definition) is 0. The van der Waals surface area contributed by atoms with Gasteiger partial charge in [0.2, 0.25) is 0 Å². The number of non-ortho nitro benzene ring substituents is 1. The van der Waals surface area contributed by atoms with E-state index in [1.54, 1.807) is 6.08 Å². The standard InChI is InChI=1S/C30H22N2O3/c33-29(23-15-17-25(18-16-23)32(34)35)20-19-27-26-13-7-8-14-28(26)31(21-22-9-3-1-4-10-22)30(27)24-11-5-2-6-12-24/h1-20H,21H2/b20-19+. The molecule has 0 bridgehead atoms. The molecule has 0 N–H and O–H groups in total. The number of para-hydroxylation sites is 1. The fourth-order valence-electron chi connectivity index (χ4n) is 4.34. The van der Waals surface area contributed by atoms with E-state index in [-0.39, 0.29) is 11.5 Å². The molecule has 5 aromatic rings. The largest absolute Gasteiger partial charge is 0.335 e. The van der Waals surface area contributed by atoms with Crippen molar-refractivity contribution in [3.05, 3.63) is 142 Å². The highest BCUT2D eigenvalue weighted by atomic mass is 16.6. The van der Waals surface area contributed by atoms with E-state index in [0.717, 1.165) is 27.7 Å². The van der Waals surface area contributed by atoms with E-state index in [0.29, 0.717) is 12.1 Å².